The number of fused-ring (bicyclic) bond motifs is 2. The van der Waals surface area contributed by atoms with Crippen molar-refractivity contribution in [1.82, 2.24) is 34.0 Å². The highest BCUT2D eigenvalue weighted by Gasteiger charge is 2.24. The summed E-state index contributed by atoms with van der Waals surface area (Å²) in [6.07, 6.45) is 6.49. The van der Waals surface area contributed by atoms with Crippen molar-refractivity contribution in [3.05, 3.63) is 87.2 Å². The predicted molar refractivity (Wildman–Crippen MR) is 218 cm³/mol. The molecular weight excluding hydrogens is 797 g/mol. The van der Waals surface area contributed by atoms with Crippen LogP contribution in [-0.4, -0.2) is 102 Å². The van der Waals surface area contributed by atoms with Gasteiger partial charge in [-0.1, -0.05) is 37.3 Å². The molecule has 19 nitrogen and oxygen atoms in total. The van der Waals surface area contributed by atoms with E-state index >= 15 is 0 Å². The SMILES string of the molecule is CCc1nc(C)oc1C(=O)N=c1sc2cc(C(=O)O)cnc2n1C/C=C/Cn1c(NC(=O)c2oc(C)nc2CC)nc2cc(C(N)=O)cc(OCCCN3CCOCC3)c21. The van der Waals surface area contributed by atoms with E-state index < -0.39 is 23.7 Å². The van der Waals surface area contributed by atoms with E-state index in [1.54, 1.807) is 35.1 Å². The van der Waals surface area contributed by atoms with Gasteiger partial charge in [-0.05, 0) is 37.5 Å². The van der Waals surface area contributed by atoms with Crippen molar-refractivity contribution in [3.63, 3.8) is 0 Å². The Balaban J connectivity index is 1.24. The number of rotatable bonds is 16. The van der Waals surface area contributed by atoms with Gasteiger partial charge in [-0.2, -0.15) is 4.99 Å². The Morgan fingerprint density at radius 3 is 2.32 bits per heavy atom. The van der Waals surface area contributed by atoms with Gasteiger partial charge in [0.2, 0.25) is 23.4 Å². The fourth-order valence-corrected chi connectivity index (χ4v) is 7.83. The zero-order valence-electron chi connectivity index (χ0n) is 33.5. The maximum atomic E-state index is 13.7. The van der Waals surface area contributed by atoms with Crippen LogP contribution in [0, 0.1) is 13.8 Å². The number of morpholine rings is 1. The van der Waals surface area contributed by atoms with Gasteiger partial charge in [-0.3, -0.25) is 29.2 Å². The van der Waals surface area contributed by atoms with Crippen molar-refractivity contribution in [2.24, 2.45) is 10.7 Å². The molecular formula is C40H44N10O9S. The molecule has 1 aliphatic heterocycles. The Morgan fingerprint density at radius 1 is 0.950 bits per heavy atom. The maximum Gasteiger partial charge on any atom is 0.337 e. The lowest BCUT2D eigenvalue weighted by atomic mass is 10.1. The van der Waals surface area contributed by atoms with Crippen LogP contribution in [0.2, 0.25) is 0 Å². The number of carbonyl (C=O) groups excluding carboxylic acids is 3. The Bertz CT molecular complexity index is 2700. The number of nitrogens with zero attached hydrogens (tertiary/aromatic N) is 8. The number of hydrogen-bond acceptors (Lipinski definition) is 14. The number of nitrogens with one attached hydrogen (secondary N) is 1. The lowest BCUT2D eigenvalue weighted by Gasteiger charge is -2.26. The van der Waals surface area contributed by atoms with Crippen LogP contribution in [0.5, 0.6) is 5.75 Å². The van der Waals surface area contributed by atoms with Gasteiger partial charge < -0.3 is 33.7 Å². The molecule has 0 atom stereocenters. The highest BCUT2D eigenvalue weighted by molar-refractivity contribution is 7.16. The lowest BCUT2D eigenvalue weighted by molar-refractivity contribution is 0.0358. The number of hydrogen-bond donors (Lipinski definition) is 3. The highest BCUT2D eigenvalue weighted by atomic mass is 32.1. The van der Waals surface area contributed by atoms with Crippen molar-refractivity contribution in [3.8, 4) is 5.75 Å². The smallest absolute Gasteiger partial charge is 0.337 e. The third-order valence-corrected chi connectivity index (χ3v) is 10.7. The van der Waals surface area contributed by atoms with Crippen LogP contribution in [0.15, 0.2) is 50.4 Å². The molecule has 4 N–H and O–H groups in total. The topological polar surface area (TPSA) is 248 Å². The molecule has 1 aliphatic rings. The average Bonchev–Trinajstić information content (AvgIpc) is 4.00. The molecule has 0 spiro atoms. The predicted octanol–water partition coefficient (Wildman–Crippen LogP) is 4.31. The minimum absolute atomic E-state index is 0.0184. The summed E-state index contributed by atoms with van der Waals surface area (Å²) in [5, 5.41) is 12.5. The summed E-state index contributed by atoms with van der Waals surface area (Å²) in [4.78, 5) is 76.0. The first-order chi connectivity index (χ1) is 28.9. The van der Waals surface area contributed by atoms with E-state index in [-0.39, 0.29) is 46.5 Å². The van der Waals surface area contributed by atoms with Crippen LogP contribution in [0.25, 0.3) is 21.4 Å². The first kappa shape index (κ1) is 41.6. The normalized spacial score (nSPS) is 13.8. The number of thiazole rings is 1. The molecule has 0 saturated carbocycles. The number of ether oxygens (including phenoxy) is 2. The van der Waals surface area contributed by atoms with Crippen molar-refractivity contribution in [2.75, 3.05) is 44.8 Å². The number of oxazole rings is 2. The summed E-state index contributed by atoms with van der Waals surface area (Å²) in [6, 6.07) is 4.58. The molecule has 6 heterocycles. The molecule has 1 saturated heterocycles. The number of primary amides is 1. The average molecular weight is 841 g/mol. The number of imidazole rings is 1. The van der Waals surface area contributed by atoms with E-state index in [9.17, 15) is 24.3 Å². The van der Waals surface area contributed by atoms with Crippen molar-refractivity contribution in [1.29, 1.82) is 0 Å². The lowest BCUT2D eigenvalue weighted by Crippen LogP contribution is -2.37. The minimum atomic E-state index is -1.15. The molecule has 5 aromatic heterocycles. The Labute approximate surface area is 346 Å². The van der Waals surface area contributed by atoms with Crippen LogP contribution in [0.1, 0.15) is 85.3 Å². The van der Waals surface area contributed by atoms with E-state index in [0.717, 1.165) is 31.0 Å². The number of aromatic nitrogens is 6. The standard InChI is InChI=1S/C40H44N10O9S/c1-5-26-32(58-22(3)43-26)36(52)46-39-45-28-18-24(34(41)51)19-29(57-15-9-10-48-13-16-56-17-14-48)31(28)49(39)11-7-8-12-50-35-30(20-25(21-42-35)38(54)55)60-40(50)47-37(53)33-27(6-2)44-23(4)59-33/h7-8,18-21H,5-6,9-17H2,1-4H3,(H2,41,51)(H,54,55)(H,45,46,52)/b8-7+,47-40?. The Morgan fingerprint density at radius 2 is 1.63 bits per heavy atom. The van der Waals surface area contributed by atoms with Gasteiger partial charge >= 0.3 is 11.9 Å². The minimum Gasteiger partial charge on any atom is -0.491 e. The summed E-state index contributed by atoms with van der Waals surface area (Å²) in [7, 11) is 0. The summed E-state index contributed by atoms with van der Waals surface area (Å²) >= 11 is 1.11. The summed E-state index contributed by atoms with van der Waals surface area (Å²) < 4.78 is 27.0. The summed E-state index contributed by atoms with van der Waals surface area (Å²) in [6.45, 7) is 11.5. The van der Waals surface area contributed by atoms with Crippen LogP contribution < -0.4 is 20.6 Å². The number of carboxylic acids is 1. The van der Waals surface area contributed by atoms with Gasteiger partial charge in [0.15, 0.2) is 22.2 Å². The van der Waals surface area contributed by atoms with Gasteiger partial charge in [0.1, 0.15) is 11.3 Å². The van der Waals surface area contributed by atoms with Gasteiger partial charge in [0, 0.05) is 58.3 Å². The van der Waals surface area contributed by atoms with Crippen molar-refractivity contribution < 1.29 is 42.6 Å². The molecule has 20 heteroatoms. The van der Waals surface area contributed by atoms with Crippen LogP contribution in [-0.2, 0) is 30.7 Å². The molecule has 7 rings (SSSR count). The molecule has 0 aliphatic carbocycles. The second kappa shape index (κ2) is 18.2. The number of aromatic carboxylic acids is 1. The van der Waals surface area contributed by atoms with Crippen LogP contribution in [0.4, 0.5) is 5.95 Å². The van der Waals surface area contributed by atoms with E-state index in [0.29, 0.717) is 89.4 Å². The van der Waals surface area contributed by atoms with Crippen molar-refractivity contribution in [2.45, 2.75) is 60.0 Å². The third-order valence-electron chi connectivity index (χ3n) is 9.68. The number of carboxylic acid groups (broad SMARTS) is 1. The first-order valence-corrected chi connectivity index (χ1v) is 20.2. The molecule has 1 fully saturated rings. The fourth-order valence-electron chi connectivity index (χ4n) is 6.79. The number of aryl methyl sites for hydroxylation is 4. The van der Waals surface area contributed by atoms with Gasteiger partial charge in [0.25, 0.3) is 5.91 Å². The van der Waals surface area contributed by atoms with E-state index in [4.69, 9.17) is 29.0 Å². The Hall–Kier alpha value is -6.51. The van der Waals surface area contributed by atoms with Gasteiger partial charge in [-0.25, -0.2) is 24.7 Å². The summed E-state index contributed by atoms with van der Waals surface area (Å²) in [5.41, 5.74) is 8.13. The fraction of sp³-hybridized carbons (Fsp3) is 0.375. The second-order valence-electron chi connectivity index (χ2n) is 13.8. The zero-order chi connectivity index (χ0) is 42.5. The largest absolute Gasteiger partial charge is 0.491 e. The van der Waals surface area contributed by atoms with E-state index in [1.165, 1.54) is 12.3 Å². The number of benzene rings is 1. The van der Waals surface area contributed by atoms with Crippen LogP contribution in [0.3, 0.4) is 0 Å². The quantitative estimate of drug-likeness (QED) is 0.0908. The Kier molecular flexibility index (Phi) is 12.6. The molecule has 0 bridgehead atoms. The molecule has 0 radical (unpaired) electrons. The number of allylic oxidation sites excluding steroid dienone is 2. The number of nitrogens with two attached hydrogens (primary N) is 1. The maximum absolute atomic E-state index is 13.7. The molecule has 0 unspecified atom stereocenters. The molecule has 3 amide bonds. The van der Waals surface area contributed by atoms with Gasteiger partial charge in [-0.15, -0.1) is 0 Å². The third kappa shape index (κ3) is 9.04. The van der Waals surface area contributed by atoms with Crippen LogP contribution >= 0.6 is 11.3 Å². The zero-order valence-corrected chi connectivity index (χ0v) is 34.3. The molecule has 314 valence electrons. The molecule has 1 aromatic carbocycles. The second-order valence-corrected chi connectivity index (χ2v) is 14.8. The molecule has 6 aromatic rings. The number of anilines is 1. The number of pyridine rings is 1. The van der Waals surface area contributed by atoms with Crippen molar-refractivity contribution >= 4 is 62.4 Å². The molecule has 60 heavy (non-hydrogen) atoms. The first-order valence-electron chi connectivity index (χ1n) is 19.4. The monoisotopic (exact) mass is 840 g/mol. The number of carbonyl (C=O) groups is 4. The number of amides is 3. The highest BCUT2D eigenvalue weighted by Crippen LogP contribution is 2.32. The summed E-state index contributed by atoms with van der Waals surface area (Å²) in [5.74, 6) is -1.77. The van der Waals surface area contributed by atoms with E-state index in [1.807, 2.05) is 26.0 Å². The van der Waals surface area contributed by atoms with E-state index in [2.05, 4.69) is 30.2 Å². The van der Waals surface area contributed by atoms with Gasteiger partial charge in [0.05, 0.1) is 47.0 Å².